The van der Waals surface area contributed by atoms with Crippen LogP contribution in [-0.4, -0.2) is 45.1 Å². The first-order chi connectivity index (χ1) is 21.3. The van der Waals surface area contributed by atoms with E-state index < -0.39 is 0 Å². The maximum absolute atomic E-state index is 12.6. The molecule has 8 heteroatoms. The molecular weight excluding hydrogens is 552 g/mol. The van der Waals surface area contributed by atoms with Crippen molar-refractivity contribution in [2.45, 2.75) is 78.1 Å². The number of allylic oxidation sites excluding steroid dienone is 1. The van der Waals surface area contributed by atoms with E-state index in [-0.39, 0.29) is 34.7 Å². The number of hydrogen-bond acceptors (Lipinski definition) is 6. The van der Waals surface area contributed by atoms with Crippen LogP contribution >= 0.6 is 0 Å². The minimum absolute atomic E-state index is 0.0102. The highest BCUT2D eigenvalue weighted by Gasteiger charge is 2.16. The van der Waals surface area contributed by atoms with Gasteiger partial charge < -0.3 is 20.8 Å². The Labute approximate surface area is 259 Å². The summed E-state index contributed by atoms with van der Waals surface area (Å²) in [6.07, 6.45) is 9.23. The molecule has 0 fully saturated rings. The quantitative estimate of drug-likeness (QED) is 0.0804. The van der Waals surface area contributed by atoms with E-state index in [2.05, 4.69) is 41.0 Å². The van der Waals surface area contributed by atoms with Crippen LogP contribution in [0.5, 0.6) is 11.5 Å². The Morgan fingerprint density at radius 2 is 1.05 bits per heavy atom. The summed E-state index contributed by atoms with van der Waals surface area (Å²) in [7, 11) is 0. The van der Waals surface area contributed by atoms with Crippen molar-refractivity contribution in [3.8, 4) is 11.5 Å². The van der Waals surface area contributed by atoms with E-state index in [0.717, 1.165) is 67.7 Å². The lowest BCUT2D eigenvalue weighted by Crippen LogP contribution is -2.25. The van der Waals surface area contributed by atoms with Gasteiger partial charge in [0.1, 0.15) is 33.9 Å². The Bertz CT molecular complexity index is 1510. The highest BCUT2D eigenvalue weighted by molar-refractivity contribution is 5.97. The van der Waals surface area contributed by atoms with E-state index in [1.807, 2.05) is 24.3 Å². The molecule has 0 saturated carbocycles. The van der Waals surface area contributed by atoms with Gasteiger partial charge in [-0.05, 0) is 37.8 Å². The van der Waals surface area contributed by atoms with Crippen LogP contribution in [0.4, 0.5) is 0 Å². The van der Waals surface area contributed by atoms with Gasteiger partial charge in [0, 0.05) is 35.0 Å². The fraction of sp³-hybridized carbons (Fsp3) is 0.389. The molecule has 0 aliphatic heterocycles. The van der Waals surface area contributed by atoms with E-state index >= 15 is 0 Å². The lowest BCUT2D eigenvalue weighted by molar-refractivity contribution is 0.0940. The Morgan fingerprint density at radius 1 is 0.636 bits per heavy atom. The third-order valence-electron chi connectivity index (χ3n) is 7.82. The van der Waals surface area contributed by atoms with E-state index in [4.69, 9.17) is 0 Å². The molecule has 2 amide bonds. The molecule has 44 heavy (non-hydrogen) atoms. The normalized spacial score (nSPS) is 11.1. The lowest BCUT2D eigenvalue weighted by Gasteiger charge is -2.13. The SMILES string of the molecule is C=C(Cc1ccc2ccc(C(=O)NCCCCCC)nc2c1O)Cc1ccc2ccc(C(=O)NCCCCCC)nc2c1O. The van der Waals surface area contributed by atoms with Crippen LogP contribution < -0.4 is 10.6 Å². The van der Waals surface area contributed by atoms with Gasteiger partial charge in [-0.15, -0.1) is 0 Å². The number of phenols is 2. The summed E-state index contributed by atoms with van der Waals surface area (Å²) < 4.78 is 0. The fourth-order valence-electron chi connectivity index (χ4n) is 5.26. The highest BCUT2D eigenvalue weighted by Crippen LogP contribution is 2.32. The van der Waals surface area contributed by atoms with E-state index in [9.17, 15) is 19.8 Å². The number of amides is 2. The van der Waals surface area contributed by atoms with Crippen LogP contribution in [0.1, 0.15) is 97.3 Å². The number of rotatable bonds is 16. The Kier molecular flexibility index (Phi) is 11.7. The average molecular weight is 597 g/mol. The van der Waals surface area contributed by atoms with E-state index in [0.29, 0.717) is 48.1 Å². The molecule has 0 saturated heterocycles. The first-order valence-electron chi connectivity index (χ1n) is 15.8. The first kappa shape index (κ1) is 32.5. The minimum Gasteiger partial charge on any atom is -0.505 e. The molecule has 4 aromatic rings. The molecule has 4 rings (SSSR count). The predicted molar refractivity (Wildman–Crippen MR) is 176 cm³/mol. The van der Waals surface area contributed by atoms with Crippen LogP contribution in [-0.2, 0) is 12.8 Å². The Balaban J connectivity index is 1.44. The molecule has 0 aliphatic carbocycles. The van der Waals surface area contributed by atoms with Crippen LogP contribution in [0.3, 0.4) is 0 Å². The molecular formula is C36H44N4O4. The molecule has 0 atom stereocenters. The second-order valence-electron chi connectivity index (χ2n) is 11.4. The van der Waals surface area contributed by atoms with Gasteiger partial charge in [-0.2, -0.15) is 0 Å². The van der Waals surface area contributed by atoms with Crippen molar-refractivity contribution >= 4 is 33.6 Å². The monoisotopic (exact) mass is 596 g/mol. The molecule has 0 bridgehead atoms. The van der Waals surface area contributed by atoms with Gasteiger partial charge in [-0.1, -0.05) is 101 Å². The number of aromatic nitrogens is 2. The first-order valence-corrected chi connectivity index (χ1v) is 15.8. The van der Waals surface area contributed by atoms with Crippen molar-refractivity contribution < 1.29 is 19.8 Å². The van der Waals surface area contributed by atoms with Gasteiger partial charge in [0.15, 0.2) is 0 Å². The molecule has 0 unspecified atom stereocenters. The van der Waals surface area contributed by atoms with Crippen molar-refractivity contribution in [2.24, 2.45) is 0 Å². The summed E-state index contributed by atoms with van der Waals surface area (Å²) in [6, 6.07) is 14.3. The van der Waals surface area contributed by atoms with Gasteiger partial charge in [0.2, 0.25) is 0 Å². The number of fused-ring (bicyclic) bond motifs is 2. The number of unbranched alkanes of at least 4 members (excludes halogenated alkanes) is 6. The smallest absolute Gasteiger partial charge is 0.269 e. The minimum atomic E-state index is -0.259. The predicted octanol–water partition coefficient (Wildman–Crippen LogP) is 7.16. The number of aromatic hydroxyl groups is 2. The average Bonchev–Trinajstić information content (AvgIpc) is 3.03. The van der Waals surface area contributed by atoms with E-state index in [1.165, 1.54) is 0 Å². The molecule has 8 nitrogen and oxygen atoms in total. The molecule has 0 aliphatic rings. The van der Waals surface area contributed by atoms with Gasteiger partial charge >= 0.3 is 0 Å². The standard InChI is InChI=1S/C36H44N4O4/c1-4-6-8-10-20-37-35(43)29-18-16-25-12-14-27(33(41)31(25)39-29)22-24(3)23-28-15-13-26-17-19-30(40-32(26)34(28)42)36(44)38-21-11-9-7-5-2/h12-19,41-42H,3-11,20-23H2,1-2H3,(H,37,43)(H,38,44). The summed E-state index contributed by atoms with van der Waals surface area (Å²) in [6.45, 7) is 9.67. The van der Waals surface area contributed by atoms with Crippen molar-refractivity contribution in [1.82, 2.24) is 20.6 Å². The zero-order valence-electron chi connectivity index (χ0n) is 25.9. The van der Waals surface area contributed by atoms with E-state index in [1.54, 1.807) is 24.3 Å². The summed E-state index contributed by atoms with van der Waals surface area (Å²) in [5, 5.41) is 29.5. The number of nitrogens with one attached hydrogen (secondary N) is 2. The number of carbonyl (C=O) groups excluding carboxylic acids is 2. The number of phenolic OH excluding ortho intramolecular Hbond substituents is 2. The molecule has 4 N–H and O–H groups in total. The Morgan fingerprint density at radius 3 is 1.45 bits per heavy atom. The molecule has 0 spiro atoms. The van der Waals surface area contributed by atoms with Crippen molar-refractivity contribution in [2.75, 3.05) is 13.1 Å². The third kappa shape index (κ3) is 8.34. The maximum Gasteiger partial charge on any atom is 0.269 e. The molecule has 2 heterocycles. The third-order valence-corrected chi connectivity index (χ3v) is 7.82. The van der Waals surface area contributed by atoms with Crippen molar-refractivity contribution in [1.29, 1.82) is 0 Å². The largest absolute Gasteiger partial charge is 0.505 e. The zero-order chi connectivity index (χ0) is 31.5. The summed E-state index contributed by atoms with van der Waals surface area (Å²) in [4.78, 5) is 34.2. The van der Waals surface area contributed by atoms with Crippen LogP contribution in [0, 0.1) is 0 Å². The molecule has 232 valence electrons. The number of benzene rings is 2. The zero-order valence-corrected chi connectivity index (χ0v) is 25.9. The summed E-state index contributed by atoms with van der Waals surface area (Å²) >= 11 is 0. The second kappa shape index (κ2) is 15.8. The van der Waals surface area contributed by atoms with Crippen LogP contribution in [0.15, 0.2) is 60.7 Å². The van der Waals surface area contributed by atoms with Gasteiger partial charge in [0.25, 0.3) is 11.8 Å². The summed E-state index contributed by atoms with van der Waals surface area (Å²) in [5.41, 5.74) is 3.27. The number of hydrogen-bond donors (Lipinski definition) is 4. The lowest BCUT2D eigenvalue weighted by atomic mass is 9.96. The topological polar surface area (TPSA) is 124 Å². The number of nitrogens with zero attached hydrogens (tertiary/aromatic N) is 2. The molecule has 2 aromatic carbocycles. The fourth-order valence-corrected chi connectivity index (χ4v) is 5.26. The Hall–Kier alpha value is -4.46. The van der Waals surface area contributed by atoms with Crippen LogP contribution in [0.25, 0.3) is 21.8 Å². The van der Waals surface area contributed by atoms with Gasteiger partial charge in [-0.25, -0.2) is 9.97 Å². The van der Waals surface area contributed by atoms with Gasteiger partial charge in [0.05, 0.1) is 0 Å². The van der Waals surface area contributed by atoms with Crippen molar-refractivity contribution in [3.63, 3.8) is 0 Å². The molecule has 0 radical (unpaired) electrons. The van der Waals surface area contributed by atoms with Crippen molar-refractivity contribution in [3.05, 3.63) is 83.2 Å². The maximum atomic E-state index is 12.6. The van der Waals surface area contributed by atoms with Crippen LogP contribution in [0.2, 0.25) is 0 Å². The number of pyridine rings is 2. The second-order valence-corrected chi connectivity index (χ2v) is 11.4. The molecule has 2 aromatic heterocycles. The number of carbonyl (C=O) groups is 2. The summed E-state index contributed by atoms with van der Waals surface area (Å²) in [5.74, 6) is -0.497. The highest BCUT2D eigenvalue weighted by atomic mass is 16.3. The van der Waals surface area contributed by atoms with Gasteiger partial charge in [-0.3, -0.25) is 9.59 Å².